The van der Waals surface area contributed by atoms with Gasteiger partial charge >= 0.3 is 5.97 Å². The minimum atomic E-state index is -0.922. The van der Waals surface area contributed by atoms with Gasteiger partial charge in [0.2, 0.25) is 0 Å². The van der Waals surface area contributed by atoms with Gasteiger partial charge in [-0.05, 0) is 25.2 Å². The van der Waals surface area contributed by atoms with Crippen LogP contribution in [0.4, 0.5) is 5.82 Å². The fourth-order valence-electron chi connectivity index (χ4n) is 3.07. The first-order chi connectivity index (χ1) is 10.2. The maximum atomic E-state index is 11.3. The molecule has 0 aliphatic carbocycles. The minimum Gasteiger partial charge on any atom is -0.478 e. The third-order valence-electron chi connectivity index (χ3n) is 4.32. The lowest BCUT2D eigenvalue weighted by Gasteiger charge is -2.23. The molecule has 0 saturated carbocycles. The number of aromatic nitrogens is 1. The second kappa shape index (κ2) is 5.72. The third kappa shape index (κ3) is 2.71. The Hall–Kier alpha value is -2.10. The first-order valence-corrected chi connectivity index (χ1v) is 7.53. The van der Waals surface area contributed by atoms with Crippen LogP contribution in [-0.4, -0.2) is 29.1 Å². The Balaban J connectivity index is 2.07. The lowest BCUT2D eigenvalue weighted by Crippen LogP contribution is -2.25. The van der Waals surface area contributed by atoms with Gasteiger partial charge in [-0.1, -0.05) is 31.2 Å². The molecule has 0 radical (unpaired) electrons. The number of anilines is 1. The monoisotopic (exact) mass is 284 g/mol. The third-order valence-corrected chi connectivity index (χ3v) is 4.32. The molecule has 2 heterocycles. The van der Waals surface area contributed by atoms with Crippen molar-refractivity contribution in [3.05, 3.63) is 36.0 Å². The highest BCUT2D eigenvalue weighted by Gasteiger charge is 2.19. The summed E-state index contributed by atoms with van der Waals surface area (Å²) in [5.74, 6) is 0.749. The molecule has 4 nitrogen and oxygen atoms in total. The average molecular weight is 284 g/mol. The van der Waals surface area contributed by atoms with E-state index in [1.165, 1.54) is 12.6 Å². The summed E-state index contributed by atoms with van der Waals surface area (Å²) in [7, 11) is 0. The zero-order valence-electron chi connectivity index (χ0n) is 12.2. The number of rotatable bonds is 2. The van der Waals surface area contributed by atoms with Crippen molar-refractivity contribution < 1.29 is 9.90 Å². The van der Waals surface area contributed by atoms with Crippen molar-refractivity contribution in [3.8, 4) is 0 Å². The number of carboxylic acids is 1. The first-order valence-electron chi connectivity index (χ1n) is 7.53. The summed E-state index contributed by atoms with van der Waals surface area (Å²) in [5, 5.41) is 11.0. The fourth-order valence-corrected chi connectivity index (χ4v) is 3.07. The molecule has 1 aromatic carbocycles. The Morgan fingerprint density at radius 3 is 2.76 bits per heavy atom. The van der Waals surface area contributed by atoms with Gasteiger partial charge in [0.25, 0.3) is 0 Å². The van der Waals surface area contributed by atoms with Crippen LogP contribution in [0.3, 0.4) is 0 Å². The van der Waals surface area contributed by atoms with Crippen LogP contribution >= 0.6 is 0 Å². The summed E-state index contributed by atoms with van der Waals surface area (Å²) in [6.07, 6.45) is 5.07. The van der Waals surface area contributed by atoms with Gasteiger partial charge in [-0.3, -0.25) is 0 Å². The first kappa shape index (κ1) is 13.9. The van der Waals surface area contributed by atoms with Crippen molar-refractivity contribution in [3.63, 3.8) is 0 Å². The summed E-state index contributed by atoms with van der Waals surface area (Å²) in [6.45, 7) is 4.28. The smallest absolute Gasteiger partial charge is 0.337 e. The Morgan fingerprint density at radius 1 is 1.24 bits per heavy atom. The molecule has 0 bridgehead atoms. The second-order valence-electron chi connectivity index (χ2n) is 5.87. The number of benzene rings is 1. The van der Waals surface area contributed by atoms with Gasteiger partial charge in [0, 0.05) is 30.1 Å². The maximum absolute atomic E-state index is 11.3. The van der Waals surface area contributed by atoms with E-state index in [-0.39, 0.29) is 5.56 Å². The zero-order chi connectivity index (χ0) is 14.8. The van der Waals surface area contributed by atoms with E-state index in [1.807, 2.05) is 24.3 Å². The van der Waals surface area contributed by atoms with Gasteiger partial charge in [0.05, 0.1) is 5.56 Å². The molecule has 1 unspecified atom stereocenters. The number of hydrogen-bond donors (Lipinski definition) is 1. The molecule has 1 aliphatic rings. The zero-order valence-corrected chi connectivity index (χ0v) is 12.2. The van der Waals surface area contributed by atoms with E-state index in [9.17, 15) is 9.90 Å². The Bertz CT molecular complexity index is 669. The van der Waals surface area contributed by atoms with Gasteiger partial charge in [-0.25, -0.2) is 9.78 Å². The largest absolute Gasteiger partial charge is 0.478 e. The van der Waals surface area contributed by atoms with Gasteiger partial charge in [0.1, 0.15) is 5.82 Å². The standard InChI is InChI=1S/C17H20N2O2/c1-12-5-4-9-19(10-8-12)16-14-7-3-2-6-13(14)15(11-18-16)17(20)21/h2-3,6-7,11-12H,4-5,8-10H2,1H3,(H,20,21). The van der Waals surface area contributed by atoms with E-state index in [0.717, 1.165) is 48.4 Å². The Labute approximate surface area is 124 Å². The molecular formula is C17H20N2O2. The van der Waals surface area contributed by atoms with Crippen LogP contribution in [0.5, 0.6) is 0 Å². The molecule has 3 rings (SSSR count). The molecule has 1 N–H and O–H groups in total. The van der Waals surface area contributed by atoms with Gasteiger partial charge in [-0.15, -0.1) is 0 Å². The molecule has 21 heavy (non-hydrogen) atoms. The molecule has 1 fully saturated rings. The predicted octanol–water partition coefficient (Wildman–Crippen LogP) is 3.56. The van der Waals surface area contributed by atoms with Crippen molar-refractivity contribution in [2.24, 2.45) is 5.92 Å². The minimum absolute atomic E-state index is 0.275. The maximum Gasteiger partial charge on any atom is 0.337 e. The van der Waals surface area contributed by atoms with E-state index in [2.05, 4.69) is 16.8 Å². The Morgan fingerprint density at radius 2 is 2.00 bits per heavy atom. The molecule has 1 saturated heterocycles. The fraction of sp³-hybridized carbons (Fsp3) is 0.412. The molecule has 1 aromatic heterocycles. The summed E-state index contributed by atoms with van der Waals surface area (Å²) >= 11 is 0. The van der Waals surface area contributed by atoms with Crippen LogP contribution in [0, 0.1) is 5.92 Å². The second-order valence-corrected chi connectivity index (χ2v) is 5.87. The van der Waals surface area contributed by atoms with E-state index in [4.69, 9.17) is 0 Å². The number of fused-ring (bicyclic) bond motifs is 1. The Kier molecular flexibility index (Phi) is 3.78. The van der Waals surface area contributed by atoms with Crippen molar-refractivity contribution in [1.82, 2.24) is 4.98 Å². The van der Waals surface area contributed by atoms with E-state index < -0.39 is 5.97 Å². The van der Waals surface area contributed by atoms with E-state index >= 15 is 0 Å². The van der Waals surface area contributed by atoms with Crippen LogP contribution in [0.25, 0.3) is 10.8 Å². The summed E-state index contributed by atoms with van der Waals surface area (Å²) in [6, 6.07) is 7.66. The summed E-state index contributed by atoms with van der Waals surface area (Å²) < 4.78 is 0. The normalized spacial score (nSPS) is 19.5. The molecule has 0 spiro atoms. The number of nitrogens with zero attached hydrogens (tertiary/aromatic N) is 2. The number of pyridine rings is 1. The molecule has 1 atom stereocenters. The molecule has 110 valence electrons. The number of carboxylic acid groups (broad SMARTS) is 1. The van der Waals surface area contributed by atoms with Crippen molar-refractivity contribution in [2.45, 2.75) is 26.2 Å². The van der Waals surface area contributed by atoms with Gasteiger partial charge in [0.15, 0.2) is 0 Å². The summed E-state index contributed by atoms with van der Waals surface area (Å²) in [4.78, 5) is 18.1. The molecule has 0 amide bonds. The van der Waals surface area contributed by atoms with Crippen LogP contribution in [0.15, 0.2) is 30.5 Å². The van der Waals surface area contributed by atoms with Crippen LogP contribution in [0.2, 0.25) is 0 Å². The quantitative estimate of drug-likeness (QED) is 0.916. The molecular weight excluding hydrogens is 264 g/mol. The van der Waals surface area contributed by atoms with Crippen molar-refractivity contribution in [1.29, 1.82) is 0 Å². The summed E-state index contributed by atoms with van der Waals surface area (Å²) in [5.41, 5.74) is 0.275. The van der Waals surface area contributed by atoms with Crippen LogP contribution in [-0.2, 0) is 0 Å². The van der Waals surface area contributed by atoms with Gasteiger partial charge in [-0.2, -0.15) is 0 Å². The molecule has 2 aromatic rings. The molecule has 4 heteroatoms. The highest BCUT2D eigenvalue weighted by Crippen LogP contribution is 2.29. The number of aromatic carboxylic acids is 1. The van der Waals surface area contributed by atoms with Gasteiger partial charge < -0.3 is 10.0 Å². The SMILES string of the molecule is CC1CCCN(c2ncc(C(=O)O)c3ccccc23)CC1. The topological polar surface area (TPSA) is 53.4 Å². The van der Waals surface area contributed by atoms with Crippen molar-refractivity contribution >= 4 is 22.6 Å². The number of hydrogen-bond acceptors (Lipinski definition) is 3. The highest BCUT2D eigenvalue weighted by atomic mass is 16.4. The lowest BCUT2D eigenvalue weighted by atomic mass is 10.0. The predicted molar refractivity (Wildman–Crippen MR) is 83.9 cm³/mol. The number of carbonyl (C=O) groups is 1. The molecule has 1 aliphatic heterocycles. The average Bonchev–Trinajstić information content (AvgIpc) is 2.70. The van der Waals surface area contributed by atoms with E-state index in [1.54, 1.807) is 0 Å². The lowest BCUT2D eigenvalue weighted by molar-refractivity contribution is 0.0698. The van der Waals surface area contributed by atoms with Crippen LogP contribution < -0.4 is 4.90 Å². The van der Waals surface area contributed by atoms with Crippen molar-refractivity contribution in [2.75, 3.05) is 18.0 Å². The van der Waals surface area contributed by atoms with Crippen LogP contribution in [0.1, 0.15) is 36.5 Å². The highest BCUT2D eigenvalue weighted by molar-refractivity contribution is 6.06. The van der Waals surface area contributed by atoms with E-state index in [0.29, 0.717) is 0 Å².